The lowest BCUT2D eigenvalue weighted by molar-refractivity contribution is 0.0738. The molecule has 1 heterocycles. The van der Waals surface area contributed by atoms with Crippen molar-refractivity contribution < 1.29 is 9.53 Å². The lowest BCUT2D eigenvalue weighted by atomic mass is 10.0. The largest absolute Gasteiger partial charge is 0.480 e. The number of nitrogens with zero attached hydrogens (tertiary/aromatic N) is 2. The average Bonchev–Trinajstić information content (AvgIpc) is 2.53. The predicted octanol–water partition coefficient (Wildman–Crippen LogP) is 3.23. The Morgan fingerprint density at radius 2 is 1.90 bits per heavy atom. The van der Waals surface area contributed by atoms with Gasteiger partial charge in [0.15, 0.2) is 0 Å². The third kappa shape index (κ3) is 3.21. The number of amides is 1. The molecular formula is C17H20N2O2. The Bertz CT molecular complexity index is 623. The highest BCUT2D eigenvalue weighted by Gasteiger charge is 2.22. The highest BCUT2D eigenvalue weighted by Crippen LogP contribution is 2.23. The molecule has 1 aromatic heterocycles. The van der Waals surface area contributed by atoms with E-state index in [-0.39, 0.29) is 11.9 Å². The van der Waals surface area contributed by atoms with E-state index >= 15 is 0 Å². The van der Waals surface area contributed by atoms with Crippen molar-refractivity contribution in [1.29, 1.82) is 0 Å². The van der Waals surface area contributed by atoms with Crippen molar-refractivity contribution in [2.75, 3.05) is 14.2 Å². The van der Waals surface area contributed by atoms with Gasteiger partial charge in [0.1, 0.15) is 5.56 Å². The number of rotatable bonds is 4. The van der Waals surface area contributed by atoms with Gasteiger partial charge in [-0.05, 0) is 31.5 Å². The summed E-state index contributed by atoms with van der Waals surface area (Å²) in [5.74, 6) is 0.249. The van der Waals surface area contributed by atoms with Crippen molar-refractivity contribution in [2.45, 2.75) is 19.9 Å². The van der Waals surface area contributed by atoms with Crippen molar-refractivity contribution in [3.05, 3.63) is 59.3 Å². The zero-order chi connectivity index (χ0) is 15.4. The first-order chi connectivity index (χ1) is 10.0. The predicted molar refractivity (Wildman–Crippen MR) is 82.5 cm³/mol. The molecule has 2 rings (SSSR count). The van der Waals surface area contributed by atoms with Gasteiger partial charge in [-0.15, -0.1) is 0 Å². The monoisotopic (exact) mass is 284 g/mol. The molecule has 0 saturated carbocycles. The molecular weight excluding hydrogens is 264 g/mol. The normalized spacial score (nSPS) is 11.8. The van der Waals surface area contributed by atoms with E-state index in [2.05, 4.69) is 17.1 Å². The number of aromatic nitrogens is 1. The summed E-state index contributed by atoms with van der Waals surface area (Å²) in [5.41, 5.74) is 2.77. The van der Waals surface area contributed by atoms with Crippen LogP contribution in [0.1, 0.15) is 34.5 Å². The molecule has 1 atom stereocenters. The Balaban J connectivity index is 2.24. The van der Waals surface area contributed by atoms with Gasteiger partial charge >= 0.3 is 0 Å². The van der Waals surface area contributed by atoms with Crippen LogP contribution in [0.3, 0.4) is 0 Å². The standard InChI is InChI=1S/C17H20N2O2/c1-12-7-9-14(10-8-12)13(2)19(3)17(20)15-6-5-11-18-16(15)21-4/h5-11,13H,1-4H3. The molecule has 1 unspecified atom stereocenters. The summed E-state index contributed by atoms with van der Waals surface area (Å²) >= 11 is 0. The number of aryl methyl sites for hydroxylation is 1. The maximum Gasteiger partial charge on any atom is 0.259 e. The van der Waals surface area contributed by atoms with E-state index in [4.69, 9.17) is 4.74 Å². The summed E-state index contributed by atoms with van der Waals surface area (Å²) in [6.45, 7) is 4.05. The van der Waals surface area contributed by atoms with Gasteiger partial charge in [-0.1, -0.05) is 29.8 Å². The van der Waals surface area contributed by atoms with Crippen LogP contribution in [0.5, 0.6) is 5.88 Å². The highest BCUT2D eigenvalue weighted by atomic mass is 16.5. The van der Waals surface area contributed by atoms with E-state index in [9.17, 15) is 4.79 Å². The summed E-state index contributed by atoms with van der Waals surface area (Å²) < 4.78 is 5.16. The molecule has 0 spiro atoms. The van der Waals surface area contributed by atoms with Crippen LogP contribution in [0.4, 0.5) is 0 Å². The van der Waals surface area contributed by atoms with Crippen molar-refractivity contribution in [3.8, 4) is 5.88 Å². The lowest BCUT2D eigenvalue weighted by Crippen LogP contribution is -2.30. The molecule has 0 aliphatic carbocycles. The van der Waals surface area contributed by atoms with Crippen LogP contribution >= 0.6 is 0 Å². The number of carbonyl (C=O) groups is 1. The third-order valence-electron chi connectivity index (χ3n) is 3.66. The fourth-order valence-corrected chi connectivity index (χ4v) is 2.15. The Hall–Kier alpha value is -2.36. The molecule has 0 bridgehead atoms. The van der Waals surface area contributed by atoms with Gasteiger partial charge < -0.3 is 9.64 Å². The quantitative estimate of drug-likeness (QED) is 0.865. The maximum absolute atomic E-state index is 12.6. The van der Waals surface area contributed by atoms with Crippen molar-refractivity contribution >= 4 is 5.91 Å². The summed E-state index contributed by atoms with van der Waals surface area (Å²) in [7, 11) is 3.31. The molecule has 0 aliphatic rings. The smallest absolute Gasteiger partial charge is 0.259 e. The molecule has 0 aliphatic heterocycles. The molecule has 21 heavy (non-hydrogen) atoms. The van der Waals surface area contributed by atoms with Crippen LogP contribution in [-0.4, -0.2) is 29.9 Å². The second kappa shape index (κ2) is 6.39. The van der Waals surface area contributed by atoms with Crippen LogP contribution in [0.25, 0.3) is 0 Å². The first-order valence-corrected chi connectivity index (χ1v) is 6.87. The zero-order valence-corrected chi connectivity index (χ0v) is 12.8. The summed E-state index contributed by atoms with van der Waals surface area (Å²) in [6.07, 6.45) is 1.61. The first kappa shape index (κ1) is 15.0. The van der Waals surface area contributed by atoms with Crippen LogP contribution in [0.15, 0.2) is 42.6 Å². The fourth-order valence-electron chi connectivity index (χ4n) is 2.15. The first-order valence-electron chi connectivity index (χ1n) is 6.87. The minimum absolute atomic E-state index is 0.0250. The van der Waals surface area contributed by atoms with Gasteiger partial charge in [0.2, 0.25) is 5.88 Å². The molecule has 1 aromatic carbocycles. The molecule has 2 aromatic rings. The van der Waals surface area contributed by atoms with Crippen LogP contribution in [0, 0.1) is 6.92 Å². The highest BCUT2D eigenvalue weighted by molar-refractivity contribution is 5.96. The maximum atomic E-state index is 12.6. The Morgan fingerprint density at radius 3 is 2.52 bits per heavy atom. The minimum Gasteiger partial charge on any atom is -0.480 e. The van der Waals surface area contributed by atoms with Gasteiger partial charge in [0, 0.05) is 13.2 Å². The van der Waals surface area contributed by atoms with E-state index in [1.165, 1.54) is 12.7 Å². The number of benzene rings is 1. The topological polar surface area (TPSA) is 42.4 Å². The van der Waals surface area contributed by atoms with Gasteiger partial charge in [0.05, 0.1) is 13.2 Å². The van der Waals surface area contributed by atoms with Crippen LogP contribution in [0.2, 0.25) is 0 Å². The van der Waals surface area contributed by atoms with E-state index in [1.807, 2.05) is 26.0 Å². The summed E-state index contributed by atoms with van der Waals surface area (Å²) in [5, 5.41) is 0. The number of hydrogen-bond acceptors (Lipinski definition) is 3. The summed E-state index contributed by atoms with van der Waals surface area (Å²) in [4.78, 5) is 18.4. The van der Waals surface area contributed by atoms with E-state index in [1.54, 1.807) is 30.3 Å². The van der Waals surface area contributed by atoms with Crippen LogP contribution < -0.4 is 4.74 Å². The molecule has 0 radical (unpaired) electrons. The molecule has 110 valence electrons. The molecule has 4 heteroatoms. The van der Waals surface area contributed by atoms with Gasteiger partial charge in [-0.25, -0.2) is 4.98 Å². The fraction of sp³-hybridized carbons (Fsp3) is 0.294. The number of methoxy groups -OCH3 is 1. The molecule has 1 amide bonds. The third-order valence-corrected chi connectivity index (χ3v) is 3.66. The molecule has 4 nitrogen and oxygen atoms in total. The van der Waals surface area contributed by atoms with Crippen LogP contribution in [-0.2, 0) is 0 Å². The molecule has 0 fully saturated rings. The van der Waals surface area contributed by atoms with Gasteiger partial charge in [-0.3, -0.25) is 4.79 Å². The van der Waals surface area contributed by atoms with Gasteiger partial charge in [0.25, 0.3) is 5.91 Å². The zero-order valence-electron chi connectivity index (χ0n) is 12.8. The summed E-state index contributed by atoms with van der Waals surface area (Å²) in [6, 6.07) is 11.6. The van der Waals surface area contributed by atoms with E-state index in [0.717, 1.165) is 5.56 Å². The lowest BCUT2D eigenvalue weighted by Gasteiger charge is -2.26. The Kier molecular flexibility index (Phi) is 4.58. The van der Waals surface area contributed by atoms with Crippen molar-refractivity contribution in [2.24, 2.45) is 0 Å². The molecule has 0 saturated heterocycles. The van der Waals surface area contributed by atoms with Gasteiger partial charge in [-0.2, -0.15) is 0 Å². The van der Waals surface area contributed by atoms with Crippen molar-refractivity contribution in [3.63, 3.8) is 0 Å². The Labute approximate surface area is 125 Å². The van der Waals surface area contributed by atoms with Crippen molar-refractivity contribution in [1.82, 2.24) is 9.88 Å². The van der Waals surface area contributed by atoms with E-state index in [0.29, 0.717) is 11.4 Å². The SMILES string of the molecule is COc1ncccc1C(=O)N(C)C(C)c1ccc(C)cc1. The second-order valence-electron chi connectivity index (χ2n) is 5.06. The minimum atomic E-state index is -0.104. The number of carbonyl (C=O) groups excluding carboxylic acids is 1. The average molecular weight is 284 g/mol. The number of ether oxygens (including phenoxy) is 1. The van der Waals surface area contributed by atoms with E-state index < -0.39 is 0 Å². The second-order valence-corrected chi connectivity index (χ2v) is 5.06. The molecule has 0 N–H and O–H groups in total. The Morgan fingerprint density at radius 1 is 1.24 bits per heavy atom. The number of pyridine rings is 1. The number of hydrogen-bond donors (Lipinski definition) is 0.